The number of pyridine rings is 1. The standard InChI is InChI=1S/C29H39N7O2S/c1-20-16-22(10-11-23(20)21-12-14-35(3)15-13-21)31-28-30-17-24-27(33-28)36(18-29(24,2)19-38-4)26-9-7-8-25(32-26)34-39(5,6)37/h7-11,16-17,21H,12-15,18-19H2,1-6H3,(H,30,31,33)/t29-/m0/s1. The molecule has 2 aliphatic rings. The van der Waals surface area contributed by atoms with Crippen LogP contribution < -0.4 is 10.2 Å². The van der Waals surface area contributed by atoms with Crippen molar-refractivity contribution in [2.24, 2.45) is 4.36 Å². The van der Waals surface area contributed by atoms with Gasteiger partial charge in [0.1, 0.15) is 11.6 Å². The summed E-state index contributed by atoms with van der Waals surface area (Å²) in [6.45, 7) is 7.78. The summed E-state index contributed by atoms with van der Waals surface area (Å²) in [4.78, 5) is 18.8. The smallest absolute Gasteiger partial charge is 0.229 e. The second-order valence-corrected chi connectivity index (χ2v) is 14.0. The van der Waals surface area contributed by atoms with Gasteiger partial charge in [-0.2, -0.15) is 9.35 Å². The van der Waals surface area contributed by atoms with Crippen LogP contribution in [0.15, 0.2) is 47.0 Å². The van der Waals surface area contributed by atoms with E-state index in [0.717, 1.165) is 30.2 Å². The predicted octanol–water partition coefficient (Wildman–Crippen LogP) is 5.15. The van der Waals surface area contributed by atoms with Crippen molar-refractivity contribution in [3.8, 4) is 0 Å². The second-order valence-electron chi connectivity index (χ2n) is 11.4. The summed E-state index contributed by atoms with van der Waals surface area (Å²) in [5.74, 6) is 3.06. The Kier molecular flexibility index (Phi) is 7.63. The fraction of sp³-hybridized carbons (Fsp3) is 0.483. The minimum Gasteiger partial charge on any atom is -0.384 e. The van der Waals surface area contributed by atoms with Gasteiger partial charge in [0.05, 0.1) is 6.61 Å². The highest BCUT2D eigenvalue weighted by Crippen LogP contribution is 2.43. The van der Waals surface area contributed by atoms with Gasteiger partial charge in [-0.15, -0.1) is 0 Å². The lowest BCUT2D eigenvalue weighted by Gasteiger charge is -2.30. The van der Waals surface area contributed by atoms with E-state index in [4.69, 9.17) is 14.7 Å². The Morgan fingerprint density at radius 2 is 1.95 bits per heavy atom. The molecule has 9 nitrogen and oxygen atoms in total. The van der Waals surface area contributed by atoms with E-state index in [0.29, 0.717) is 36.7 Å². The molecule has 0 bridgehead atoms. The van der Waals surface area contributed by atoms with Crippen LogP contribution in [0.2, 0.25) is 0 Å². The third-order valence-electron chi connectivity index (χ3n) is 7.64. The van der Waals surface area contributed by atoms with Crippen LogP contribution in [0.25, 0.3) is 0 Å². The zero-order valence-electron chi connectivity index (χ0n) is 23.8. The fourth-order valence-electron chi connectivity index (χ4n) is 5.70. The molecule has 0 radical (unpaired) electrons. The van der Waals surface area contributed by atoms with E-state index >= 15 is 0 Å². The van der Waals surface area contributed by atoms with Crippen LogP contribution in [0.5, 0.6) is 0 Å². The largest absolute Gasteiger partial charge is 0.384 e. The summed E-state index contributed by atoms with van der Waals surface area (Å²) in [6, 6.07) is 12.1. The van der Waals surface area contributed by atoms with Crippen LogP contribution in [0, 0.1) is 6.92 Å². The molecule has 0 unspecified atom stereocenters. The monoisotopic (exact) mass is 549 g/mol. The Morgan fingerprint density at radius 1 is 1.18 bits per heavy atom. The molecule has 3 aromatic rings. The Bertz CT molecular complexity index is 1470. The number of rotatable bonds is 7. The number of aromatic nitrogens is 3. The highest BCUT2D eigenvalue weighted by Gasteiger charge is 2.42. The first-order valence-corrected chi connectivity index (χ1v) is 15.7. The number of nitrogens with one attached hydrogen (secondary N) is 1. The lowest BCUT2D eigenvalue weighted by Crippen LogP contribution is -2.33. The van der Waals surface area contributed by atoms with E-state index in [-0.39, 0.29) is 5.41 Å². The van der Waals surface area contributed by atoms with Crippen LogP contribution in [0.1, 0.15) is 42.4 Å². The lowest BCUT2D eigenvalue weighted by molar-refractivity contribution is 0.145. The zero-order chi connectivity index (χ0) is 27.8. The fourth-order valence-corrected chi connectivity index (χ4v) is 6.26. The van der Waals surface area contributed by atoms with Gasteiger partial charge < -0.3 is 19.9 Å². The molecule has 0 amide bonds. The number of fused-ring (bicyclic) bond motifs is 1. The van der Waals surface area contributed by atoms with Crippen molar-refractivity contribution in [3.05, 3.63) is 59.3 Å². The maximum Gasteiger partial charge on any atom is 0.229 e. The van der Waals surface area contributed by atoms with Crippen molar-refractivity contribution in [2.75, 3.05) is 63.1 Å². The maximum atomic E-state index is 12.3. The molecule has 1 atom stereocenters. The summed E-state index contributed by atoms with van der Waals surface area (Å²) in [6.07, 6.45) is 7.50. The molecule has 1 fully saturated rings. The Labute approximate surface area is 232 Å². The van der Waals surface area contributed by atoms with E-state index in [2.05, 4.69) is 63.6 Å². The third kappa shape index (κ3) is 6.08. The number of likely N-dealkylation sites (tertiary alicyclic amines) is 1. The summed E-state index contributed by atoms with van der Waals surface area (Å²) in [5, 5.41) is 3.42. The molecule has 4 heterocycles. The molecule has 2 aromatic heterocycles. The van der Waals surface area contributed by atoms with Gasteiger partial charge in [-0.1, -0.05) is 19.1 Å². The van der Waals surface area contributed by atoms with Crippen molar-refractivity contribution in [1.29, 1.82) is 0 Å². The van der Waals surface area contributed by atoms with Crippen LogP contribution in [0.4, 0.5) is 29.1 Å². The number of hydrogen-bond donors (Lipinski definition) is 1. The van der Waals surface area contributed by atoms with Gasteiger partial charge in [-0.25, -0.2) is 14.2 Å². The quantitative estimate of drug-likeness (QED) is 0.432. The van der Waals surface area contributed by atoms with Gasteiger partial charge in [0, 0.05) is 58.8 Å². The van der Waals surface area contributed by atoms with E-state index in [1.165, 1.54) is 24.0 Å². The number of methoxy groups -OCH3 is 1. The van der Waals surface area contributed by atoms with Gasteiger partial charge in [-0.05, 0) is 81.2 Å². The Balaban J connectivity index is 1.45. The Hall–Kier alpha value is -3.08. The molecule has 1 aromatic carbocycles. The highest BCUT2D eigenvalue weighted by atomic mass is 32.2. The van der Waals surface area contributed by atoms with Gasteiger partial charge >= 0.3 is 0 Å². The van der Waals surface area contributed by atoms with Crippen molar-refractivity contribution < 1.29 is 8.95 Å². The topological polar surface area (TPSA) is 95.8 Å². The van der Waals surface area contributed by atoms with E-state index in [9.17, 15) is 4.21 Å². The van der Waals surface area contributed by atoms with Crippen LogP contribution >= 0.6 is 0 Å². The molecule has 5 rings (SSSR count). The Morgan fingerprint density at radius 3 is 2.64 bits per heavy atom. The highest BCUT2D eigenvalue weighted by molar-refractivity contribution is 7.92. The van der Waals surface area contributed by atoms with Crippen LogP contribution in [-0.2, 0) is 19.9 Å². The van der Waals surface area contributed by atoms with Crippen molar-refractivity contribution >= 4 is 38.8 Å². The number of benzene rings is 1. The SMILES string of the molecule is COC[C@]1(C)CN(c2cccc(N=S(C)(C)=O)n2)c2nc(Nc3ccc(C4CCN(C)CC4)c(C)c3)ncc21. The first kappa shape index (κ1) is 27.5. The van der Waals surface area contributed by atoms with Crippen molar-refractivity contribution in [2.45, 2.75) is 38.0 Å². The molecule has 39 heavy (non-hydrogen) atoms. The number of hydrogen-bond acceptors (Lipinski definition) is 9. The zero-order valence-corrected chi connectivity index (χ0v) is 24.6. The molecule has 0 saturated carbocycles. The average Bonchev–Trinajstić information content (AvgIpc) is 3.16. The number of aryl methyl sites for hydroxylation is 1. The third-order valence-corrected chi connectivity index (χ3v) is 8.27. The van der Waals surface area contributed by atoms with E-state index in [1.54, 1.807) is 25.7 Å². The molecule has 208 valence electrons. The summed E-state index contributed by atoms with van der Waals surface area (Å²) in [5.41, 5.74) is 4.38. The maximum absolute atomic E-state index is 12.3. The van der Waals surface area contributed by atoms with Crippen LogP contribution in [-0.4, -0.2) is 77.0 Å². The van der Waals surface area contributed by atoms with Gasteiger partial charge in [-0.3, -0.25) is 0 Å². The normalized spacial score (nSPS) is 20.2. The first-order valence-electron chi connectivity index (χ1n) is 13.4. The number of nitrogens with zero attached hydrogens (tertiary/aromatic N) is 6. The predicted molar refractivity (Wildman–Crippen MR) is 159 cm³/mol. The minimum absolute atomic E-state index is 0.313. The summed E-state index contributed by atoms with van der Waals surface area (Å²) >= 11 is 0. The molecular weight excluding hydrogens is 510 g/mol. The van der Waals surface area contributed by atoms with E-state index in [1.807, 2.05) is 18.3 Å². The number of anilines is 4. The van der Waals surface area contributed by atoms with Crippen LogP contribution in [0.3, 0.4) is 0 Å². The van der Waals surface area contributed by atoms with Crippen molar-refractivity contribution in [1.82, 2.24) is 19.9 Å². The average molecular weight is 550 g/mol. The molecule has 10 heteroatoms. The summed E-state index contributed by atoms with van der Waals surface area (Å²) < 4.78 is 22.2. The first-order chi connectivity index (χ1) is 18.5. The second kappa shape index (κ2) is 10.8. The van der Waals surface area contributed by atoms with Gasteiger partial charge in [0.15, 0.2) is 5.82 Å². The van der Waals surface area contributed by atoms with Crippen molar-refractivity contribution in [3.63, 3.8) is 0 Å². The summed E-state index contributed by atoms with van der Waals surface area (Å²) in [7, 11) is 1.57. The van der Waals surface area contributed by atoms with Gasteiger partial charge in [0.25, 0.3) is 0 Å². The number of piperidine rings is 1. The molecular formula is C29H39N7O2S. The molecule has 0 spiro atoms. The lowest BCUT2D eigenvalue weighted by atomic mass is 9.87. The van der Waals surface area contributed by atoms with Gasteiger partial charge in [0.2, 0.25) is 5.95 Å². The molecule has 2 aliphatic heterocycles. The molecule has 1 saturated heterocycles. The number of ether oxygens (including phenoxy) is 1. The molecule has 1 N–H and O–H groups in total. The minimum atomic E-state index is -2.33. The van der Waals surface area contributed by atoms with E-state index < -0.39 is 9.73 Å². The molecule has 0 aliphatic carbocycles.